The highest BCUT2D eigenvalue weighted by Crippen LogP contribution is 2.30. The molecule has 0 spiro atoms. The molecule has 0 aliphatic heterocycles. The van der Waals surface area contributed by atoms with Crippen LogP contribution in [-0.2, 0) is 9.53 Å². The van der Waals surface area contributed by atoms with Gasteiger partial charge in [-0.3, -0.25) is 4.79 Å². The van der Waals surface area contributed by atoms with Gasteiger partial charge in [0.05, 0.1) is 5.69 Å². The molecule has 1 amide bonds. The minimum Gasteiger partial charge on any atom is -0.448 e. The largest absolute Gasteiger partial charge is 0.448 e. The van der Waals surface area contributed by atoms with E-state index in [1.54, 1.807) is 32.0 Å². The number of thiazole rings is 1. The maximum atomic E-state index is 12.5. The molecular weight excluding hydrogens is 390 g/mol. The summed E-state index contributed by atoms with van der Waals surface area (Å²) in [5, 5.41) is 7.42. The van der Waals surface area contributed by atoms with E-state index in [-0.39, 0.29) is 5.82 Å². The van der Waals surface area contributed by atoms with Gasteiger partial charge in [-0.05, 0) is 32.9 Å². The number of anilines is 1. The highest BCUT2D eigenvalue weighted by molar-refractivity contribution is 7.17. The zero-order valence-corrected chi connectivity index (χ0v) is 16.4. The van der Waals surface area contributed by atoms with Crippen LogP contribution < -0.4 is 5.32 Å². The number of hydrogen-bond donors (Lipinski definition) is 1. The normalized spacial score (nSPS) is 11.9. The second kappa shape index (κ2) is 7.89. The third-order valence-corrected chi connectivity index (χ3v) is 5.01. The Morgan fingerprint density at radius 2 is 2.07 bits per heavy atom. The van der Waals surface area contributed by atoms with Crippen molar-refractivity contribution in [3.8, 4) is 10.6 Å². The number of hydrogen-bond acceptors (Lipinski definition) is 7. The third kappa shape index (κ3) is 4.53. The van der Waals surface area contributed by atoms with Crippen molar-refractivity contribution < 1.29 is 18.8 Å². The lowest BCUT2D eigenvalue weighted by atomic mass is 10.2. The first-order chi connectivity index (χ1) is 12.8. The van der Waals surface area contributed by atoms with Gasteiger partial charge in [0.2, 0.25) is 0 Å². The van der Waals surface area contributed by atoms with Crippen LogP contribution in [0.5, 0.6) is 0 Å². The average Bonchev–Trinajstić information content (AvgIpc) is 3.20. The molecule has 0 bridgehead atoms. The Bertz CT molecular complexity index is 998. The van der Waals surface area contributed by atoms with E-state index >= 15 is 0 Å². The number of carbonyl (C=O) groups excluding carboxylic acids is 2. The van der Waals surface area contributed by atoms with Gasteiger partial charge in [0.25, 0.3) is 5.91 Å². The summed E-state index contributed by atoms with van der Waals surface area (Å²) in [4.78, 5) is 29.3. The fourth-order valence-corrected chi connectivity index (χ4v) is 3.39. The molecule has 0 aliphatic rings. The van der Waals surface area contributed by atoms with Gasteiger partial charge in [-0.15, -0.1) is 11.3 Å². The number of carbonyl (C=O) groups is 2. The molecule has 7 nitrogen and oxygen atoms in total. The molecule has 0 fully saturated rings. The van der Waals surface area contributed by atoms with Crippen LogP contribution in [0.2, 0.25) is 5.02 Å². The lowest BCUT2D eigenvalue weighted by Gasteiger charge is -2.11. The molecular formula is C18H16ClN3O4S. The Morgan fingerprint density at radius 1 is 1.30 bits per heavy atom. The molecule has 0 saturated carbocycles. The summed E-state index contributed by atoms with van der Waals surface area (Å²) in [5.74, 6) is -0.299. The Balaban J connectivity index is 1.69. The number of ether oxygens (including phenoxy) is 1. The van der Waals surface area contributed by atoms with Crippen LogP contribution in [0.4, 0.5) is 5.82 Å². The molecule has 0 aliphatic carbocycles. The minimum absolute atomic E-state index is 0.262. The molecule has 2 aromatic heterocycles. The predicted molar refractivity (Wildman–Crippen MR) is 102 cm³/mol. The Kier molecular flexibility index (Phi) is 5.57. The van der Waals surface area contributed by atoms with Crippen LogP contribution in [0.25, 0.3) is 10.6 Å². The van der Waals surface area contributed by atoms with Crippen molar-refractivity contribution in [3.63, 3.8) is 0 Å². The highest BCUT2D eigenvalue weighted by atomic mass is 35.5. The number of aromatic nitrogens is 2. The number of rotatable bonds is 5. The summed E-state index contributed by atoms with van der Waals surface area (Å²) in [6, 6.07) is 8.76. The number of amides is 1. The van der Waals surface area contributed by atoms with Crippen LogP contribution >= 0.6 is 22.9 Å². The second-order valence-corrected chi connectivity index (χ2v) is 7.24. The van der Waals surface area contributed by atoms with Gasteiger partial charge >= 0.3 is 5.97 Å². The lowest BCUT2D eigenvalue weighted by molar-refractivity contribution is -0.123. The van der Waals surface area contributed by atoms with Crippen LogP contribution in [0.15, 0.2) is 34.9 Å². The first-order valence-corrected chi connectivity index (χ1v) is 9.21. The fourth-order valence-electron chi connectivity index (χ4n) is 2.25. The van der Waals surface area contributed by atoms with Gasteiger partial charge in [0, 0.05) is 16.7 Å². The van der Waals surface area contributed by atoms with Crippen molar-refractivity contribution in [3.05, 3.63) is 51.7 Å². The molecule has 1 N–H and O–H groups in total. The van der Waals surface area contributed by atoms with E-state index in [9.17, 15) is 9.59 Å². The van der Waals surface area contributed by atoms with Crippen molar-refractivity contribution in [2.24, 2.45) is 0 Å². The summed E-state index contributed by atoms with van der Waals surface area (Å²) in [5.41, 5.74) is 1.33. The molecule has 2 heterocycles. The summed E-state index contributed by atoms with van der Waals surface area (Å²) in [7, 11) is 0. The Hall–Kier alpha value is -2.71. The molecule has 0 saturated heterocycles. The summed E-state index contributed by atoms with van der Waals surface area (Å²) >= 11 is 7.19. The van der Waals surface area contributed by atoms with Gasteiger partial charge < -0.3 is 14.6 Å². The topological polar surface area (TPSA) is 94.3 Å². The van der Waals surface area contributed by atoms with Gasteiger partial charge in [-0.1, -0.05) is 28.9 Å². The number of aryl methyl sites for hydroxylation is 2. The van der Waals surface area contributed by atoms with Crippen molar-refractivity contribution in [1.29, 1.82) is 0 Å². The Morgan fingerprint density at radius 3 is 2.74 bits per heavy atom. The number of nitrogens with zero attached hydrogens (tertiary/aromatic N) is 2. The van der Waals surface area contributed by atoms with Crippen LogP contribution in [0.3, 0.4) is 0 Å². The van der Waals surface area contributed by atoms with Gasteiger partial charge in [-0.25, -0.2) is 9.78 Å². The molecule has 3 rings (SSSR count). The second-order valence-electron chi connectivity index (χ2n) is 5.80. The molecule has 140 valence electrons. The first-order valence-electron chi connectivity index (χ1n) is 8.02. The number of halogens is 1. The third-order valence-electron chi connectivity index (χ3n) is 3.59. The van der Waals surface area contributed by atoms with E-state index in [1.807, 2.05) is 12.1 Å². The zero-order chi connectivity index (χ0) is 19.6. The van der Waals surface area contributed by atoms with E-state index in [2.05, 4.69) is 15.5 Å². The van der Waals surface area contributed by atoms with Gasteiger partial charge in [0.15, 0.2) is 11.9 Å². The standard InChI is InChI=1S/C18H16ClN3O4S/c1-9-7-14(22-26-9)21-16(23)11(3)25-18(24)15-10(2)20-17(27-15)12-5-4-6-13(19)8-12/h4-8,11H,1-3H3,(H,21,22,23)/t11-/m1/s1. The Labute approximate surface area is 164 Å². The number of nitrogens with one attached hydrogen (secondary N) is 1. The minimum atomic E-state index is -1.01. The molecule has 0 unspecified atom stereocenters. The van der Waals surface area contributed by atoms with Crippen LogP contribution in [-0.4, -0.2) is 28.1 Å². The monoisotopic (exact) mass is 405 g/mol. The van der Waals surface area contributed by atoms with Crippen molar-refractivity contribution in [2.75, 3.05) is 5.32 Å². The van der Waals surface area contributed by atoms with Crippen LogP contribution in [0.1, 0.15) is 28.0 Å². The average molecular weight is 406 g/mol. The lowest BCUT2D eigenvalue weighted by Crippen LogP contribution is -2.30. The first kappa shape index (κ1) is 19.1. The number of esters is 1. The molecule has 1 atom stereocenters. The maximum Gasteiger partial charge on any atom is 0.351 e. The number of benzene rings is 1. The summed E-state index contributed by atoms with van der Waals surface area (Å²) in [6.45, 7) is 4.90. The fraction of sp³-hybridized carbons (Fsp3) is 0.222. The molecule has 0 radical (unpaired) electrons. The van der Waals surface area contributed by atoms with E-state index < -0.39 is 18.0 Å². The molecule has 1 aromatic carbocycles. The van der Waals surface area contributed by atoms with Crippen LogP contribution in [0, 0.1) is 13.8 Å². The summed E-state index contributed by atoms with van der Waals surface area (Å²) in [6.07, 6.45) is -1.01. The van der Waals surface area contributed by atoms with E-state index in [1.165, 1.54) is 18.3 Å². The van der Waals surface area contributed by atoms with Crippen molar-refractivity contribution in [1.82, 2.24) is 10.1 Å². The molecule has 9 heteroatoms. The zero-order valence-electron chi connectivity index (χ0n) is 14.8. The maximum absolute atomic E-state index is 12.5. The predicted octanol–water partition coefficient (Wildman–Crippen LogP) is 4.25. The van der Waals surface area contributed by atoms with E-state index in [0.29, 0.717) is 26.4 Å². The van der Waals surface area contributed by atoms with E-state index in [0.717, 1.165) is 5.56 Å². The van der Waals surface area contributed by atoms with Crippen molar-refractivity contribution >= 4 is 40.6 Å². The quantitative estimate of drug-likeness (QED) is 0.637. The molecule has 27 heavy (non-hydrogen) atoms. The van der Waals surface area contributed by atoms with Crippen molar-refractivity contribution in [2.45, 2.75) is 26.9 Å². The summed E-state index contributed by atoms with van der Waals surface area (Å²) < 4.78 is 10.1. The highest BCUT2D eigenvalue weighted by Gasteiger charge is 2.23. The molecule has 3 aromatic rings. The smallest absolute Gasteiger partial charge is 0.351 e. The van der Waals surface area contributed by atoms with Gasteiger partial charge in [-0.2, -0.15) is 0 Å². The SMILES string of the molecule is Cc1cc(NC(=O)[C@@H](C)OC(=O)c2sc(-c3cccc(Cl)c3)nc2C)no1. The van der Waals surface area contributed by atoms with E-state index in [4.69, 9.17) is 20.9 Å². The van der Waals surface area contributed by atoms with Gasteiger partial charge in [0.1, 0.15) is 15.6 Å².